The maximum atomic E-state index is 10.9. The van der Waals surface area contributed by atoms with Crippen LogP contribution >= 0.6 is 0 Å². The summed E-state index contributed by atoms with van der Waals surface area (Å²) < 4.78 is 6.00. The molecular weight excluding hydrogens is 302 g/mol. The number of aliphatic carboxylic acids is 1. The van der Waals surface area contributed by atoms with Crippen LogP contribution < -0.4 is 4.74 Å². The molecule has 0 bridgehead atoms. The number of benzene rings is 1. The van der Waals surface area contributed by atoms with Crippen molar-refractivity contribution in [2.24, 2.45) is 5.92 Å². The molecule has 2 fully saturated rings. The molecule has 0 atom stereocenters. The first-order valence-corrected chi connectivity index (χ1v) is 9.10. The zero-order valence-corrected chi connectivity index (χ0v) is 14.0. The summed E-state index contributed by atoms with van der Waals surface area (Å²) in [5, 5.41) is 8.95. The SMILES string of the molecule is O=C(O)C1CN(CC2=Cc3ccc(C4CCCCC4)cc3OC2)C1. The molecule has 128 valence electrons. The zero-order chi connectivity index (χ0) is 16.5. The molecule has 4 nitrogen and oxygen atoms in total. The van der Waals surface area contributed by atoms with Crippen molar-refractivity contribution in [2.45, 2.75) is 38.0 Å². The third kappa shape index (κ3) is 3.20. The summed E-state index contributed by atoms with van der Waals surface area (Å²) in [4.78, 5) is 13.1. The van der Waals surface area contributed by atoms with Crippen LogP contribution in [0.2, 0.25) is 0 Å². The van der Waals surface area contributed by atoms with E-state index < -0.39 is 5.97 Å². The van der Waals surface area contributed by atoms with E-state index in [0.717, 1.165) is 17.9 Å². The Balaban J connectivity index is 1.41. The third-order valence-corrected chi connectivity index (χ3v) is 5.62. The van der Waals surface area contributed by atoms with Crippen LogP contribution in [0.1, 0.15) is 49.1 Å². The van der Waals surface area contributed by atoms with Gasteiger partial charge in [-0.1, -0.05) is 31.4 Å². The topological polar surface area (TPSA) is 49.8 Å². The Kier molecular flexibility index (Phi) is 4.31. The molecule has 2 aliphatic heterocycles. The van der Waals surface area contributed by atoms with Gasteiger partial charge in [-0.05, 0) is 42.0 Å². The minimum atomic E-state index is -0.680. The Morgan fingerprint density at radius 3 is 2.75 bits per heavy atom. The van der Waals surface area contributed by atoms with E-state index in [2.05, 4.69) is 29.2 Å². The van der Waals surface area contributed by atoms with Gasteiger partial charge in [-0.15, -0.1) is 0 Å². The van der Waals surface area contributed by atoms with Crippen LogP contribution in [0.3, 0.4) is 0 Å². The summed E-state index contributed by atoms with van der Waals surface area (Å²) in [7, 11) is 0. The molecule has 3 aliphatic rings. The molecule has 1 aromatic carbocycles. The molecular formula is C20H25NO3. The predicted molar refractivity (Wildman–Crippen MR) is 93.3 cm³/mol. The summed E-state index contributed by atoms with van der Waals surface area (Å²) in [6, 6.07) is 6.69. The van der Waals surface area contributed by atoms with Crippen LogP contribution in [0.25, 0.3) is 6.08 Å². The highest BCUT2D eigenvalue weighted by atomic mass is 16.5. The van der Waals surface area contributed by atoms with Crippen molar-refractivity contribution in [3.8, 4) is 5.75 Å². The Hall–Kier alpha value is -1.81. The van der Waals surface area contributed by atoms with Crippen LogP contribution in [-0.4, -0.2) is 42.2 Å². The second kappa shape index (κ2) is 6.60. The van der Waals surface area contributed by atoms with Gasteiger partial charge in [0.05, 0.1) is 5.92 Å². The molecule has 1 saturated carbocycles. The van der Waals surface area contributed by atoms with Gasteiger partial charge >= 0.3 is 5.97 Å². The average molecular weight is 327 g/mol. The number of fused-ring (bicyclic) bond motifs is 1. The first kappa shape index (κ1) is 15.7. The van der Waals surface area contributed by atoms with Crippen molar-refractivity contribution in [3.63, 3.8) is 0 Å². The van der Waals surface area contributed by atoms with Crippen molar-refractivity contribution >= 4 is 12.0 Å². The monoisotopic (exact) mass is 327 g/mol. The third-order valence-electron chi connectivity index (χ3n) is 5.62. The first-order chi connectivity index (χ1) is 11.7. The van der Waals surface area contributed by atoms with Gasteiger partial charge in [0.25, 0.3) is 0 Å². The lowest BCUT2D eigenvalue weighted by molar-refractivity contribution is -0.147. The van der Waals surface area contributed by atoms with Crippen LogP contribution in [0.15, 0.2) is 23.8 Å². The van der Waals surface area contributed by atoms with E-state index in [0.29, 0.717) is 25.6 Å². The standard InChI is InChI=1S/C20H25NO3/c22-20(23)18-11-21(12-18)10-14-8-17-7-6-16(9-19(17)24-13-14)15-4-2-1-3-5-15/h6-9,15,18H,1-5,10-13H2,(H,22,23). The largest absolute Gasteiger partial charge is 0.489 e. The Labute approximate surface area is 143 Å². The summed E-state index contributed by atoms with van der Waals surface area (Å²) >= 11 is 0. The van der Waals surface area contributed by atoms with Crippen LogP contribution in [0.5, 0.6) is 5.75 Å². The van der Waals surface area contributed by atoms with Crippen LogP contribution in [0.4, 0.5) is 0 Å². The van der Waals surface area contributed by atoms with E-state index in [-0.39, 0.29) is 5.92 Å². The van der Waals surface area contributed by atoms with E-state index in [1.807, 2.05) is 0 Å². The Bertz CT molecular complexity index is 655. The van der Waals surface area contributed by atoms with Crippen LogP contribution in [-0.2, 0) is 4.79 Å². The molecule has 0 radical (unpaired) electrons. The van der Waals surface area contributed by atoms with Crippen molar-refractivity contribution in [2.75, 3.05) is 26.2 Å². The molecule has 2 heterocycles. The summed E-state index contributed by atoms with van der Waals surface area (Å²) in [5.41, 5.74) is 3.82. The molecule has 0 aromatic heterocycles. The highest BCUT2D eigenvalue weighted by molar-refractivity contribution is 5.71. The number of hydrogen-bond acceptors (Lipinski definition) is 3. The van der Waals surface area contributed by atoms with Crippen molar-refractivity contribution < 1.29 is 14.6 Å². The number of carbonyl (C=O) groups is 1. The van der Waals surface area contributed by atoms with Gasteiger partial charge in [-0.25, -0.2) is 0 Å². The lowest BCUT2D eigenvalue weighted by atomic mass is 9.83. The maximum absolute atomic E-state index is 10.9. The maximum Gasteiger partial charge on any atom is 0.309 e. The Morgan fingerprint density at radius 2 is 2.00 bits per heavy atom. The van der Waals surface area contributed by atoms with Crippen molar-refractivity contribution in [1.29, 1.82) is 0 Å². The highest BCUT2D eigenvalue weighted by Crippen LogP contribution is 2.36. The molecule has 4 rings (SSSR count). The van der Waals surface area contributed by atoms with E-state index in [1.54, 1.807) is 0 Å². The molecule has 24 heavy (non-hydrogen) atoms. The zero-order valence-electron chi connectivity index (χ0n) is 14.0. The molecule has 0 spiro atoms. The summed E-state index contributed by atoms with van der Waals surface area (Å²) in [6.07, 6.45) is 8.90. The fourth-order valence-corrected chi connectivity index (χ4v) is 4.15. The summed E-state index contributed by atoms with van der Waals surface area (Å²) in [6.45, 7) is 2.74. The van der Waals surface area contributed by atoms with Gasteiger partial charge in [0.1, 0.15) is 12.4 Å². The predicted octanol–water partition coefficient (Wildman–Crippen LogP) is 3.53. The fraction of sp³-hybridized carbons (Fsp3) is 0.550. The molecule has 0 unspecified atom stereocenters. The van der Waals surface area contributed by atoms with Crippen LogP contribution in [0, 0.1) is 5.92 Å². The number of rotatable bonds is 4. The lowest BCUT2D eigenvalue weighted by Crippen LogP contribution is -2.51. The van der Waals surface area contributed by atoms with Gasteiger partial charge in [0, 0.05) is 25.2 Å². The van der Waals surface area contributed by atoms with Crippen molar-refractivity contribution in [1.82, 2.24) is 4.90 Å². The van der Waals surface area contributed by atoms with Gasteiger partial charge in [-0.2, -0.15) is 0 Å². The molecule has 1 N–H and O–H groups in total. The average Bonchev–Trinajstić information content (AvgIpc) is 2.57. The molecule has 0 amide bonds. The van der Waals surface area contributed by atoms with E-state index in [4.69, 9.17) is 9.84 Å². The normalized spacial score (nSPS) is 22.2. The lowest BCUT2D eigenvalue weighted by Gasteiger charge is -2.37. The fourth-order valence-electron chi connectivity index (χ4n) is 4.15. The molecule has 1 saturated heterocycles. The summed E-state index contributed by atoms with van der Waals surface area (Å²) in [5.74, 6) is 0.835. The van der Waals surface area contributed by atoms with Gasteiger partial charge in [-0.3, -0.25) is 9.69 Å². The number of carboxylic acid groups (broad SMARTS) is 1. The van der Waals surface area contributed by atoms with Gasteiger partial charge in [0.2, 0.25) is 0 Å². The minimum absolute atomic E-state index is 0.194. The van der Waals surface area contributed by atoms with Crippen molar-refractivity contribution in [3.05, 3.63) is 34.9 Å². The minimum Gasteiger partial charge on any atom is -0.489 e. The highest BCUT2D eigenvalue weighted by Gasteiger charge is 2.32. The molecule has 1 aliphatic carbocycles. The number of likely N-dealkylation sites (tertiary alicyclic amines) is 1. The smallest absolute Gasteiger partial charge is 0.309 e. The van der Waals surface area contributed by atoms with Gasteiger partial charge in [0.15, 0.2) is 0 Å². The van der Waals surface area contributed by atoms with E-state index >= 15 is 0 Å². The van der Waals surface area contributed by atoms with E-state index in [1.165, 1.54) is 43.2 Å². The molecule has 1 aromatic rings. The number of ether oxygens (including phenoxy) is 1. The number of hydrogen-bond donors (Lipinski definition) is 1. The van der Waals surface area contributed by atoms with E-state index in [9.17, 15) is 4.79 Å². The molecule has 4 heteroatoms. The second-order valence-corrected chi connectivity index (χ2v) is 7.45. The quantitative estimate of drug-likeness (QED) is 0.919. The number of nitrogens with zero attached hydrogens (tertiary/aromatic N) is 1. The first-order valence-electron chi connectivity index (χ1n) is 9.10. The second-order valence-electron chi connectivity index (χ2n) is 7.45. The Morgan fingerprint density at radius 1 is 1.21 bits per heavy atom. The van der Waals surface area contributed by atoms with Gasteiger partial charge < -0.3 is 9.84 Å². The number of carboxylic acids is 1.